The first kappa shape index (κ1) is 19.9. The van der Waals surface area contributed by atoms with Gasteiger partial charge in [-0.25, -0.2) is 10.2 Å². The van der Waals surface area contributed by atoms with Gasteiger partial charge in [0.25, 0.3) is 0 Å². The highest BCUT2D eigenvalue weighted by Crippen LogP contribution is 2.39. The fourth-order valence-electron chi connectivity index (χ4n) is 1.75. The molecule has 0 fully saturated rings. The molecule has 0 atom stereocenters. The van der Waals surface area contributed by atoms with E-state index in [2.05, 4.69) is 10.5 Å². The monoisotopic (exact) mass is 353 g/mol. The SMILES string of the molecule is COc1c(OC(C)=O)ccc(C=NNC(=O)OC(C)(C)C)c1[N+](=O)[O-]. The summed E-state index contributed by atoms with van der Waals surface area (Å²) in [6.45, 7) is 6.20. The molecular formula is C15H19N3O7. The van der Waals surface area contributed by atoms with E-state index in [0.717, 1.165) is 13.1 Å². The van der Waals surface area contributed by atoms with E-state index in [4.69, 9.17) is 14.2 Å². The summed E-state index contributed by atoms with van der Waals surface area (Å²) in [5.41, 5.74) is 0.964. The van der Waals surface area contributed by atoms with Crippen LogP contribution in [0.4, 0.5) is 10.5 Å². The summed E-state index contributed by atoms with van der Waals surface area (Å²) >= 11 is 0. The van der Waals surface area contributed by atoms with Crippen LogP contribution in [-0.2, 0) is 9.53 Å². The molecule has 1 amide bonds. The molecule has 1 N–H and O–H groups in total. The van der Waals surface area contributed by atoms with Crippen LogP contribution in [0.3, 0.4) is 0 Å². The Kier molecular flexibility index (Phi) is 6.43. The van der Waals surface area contributed by atoms with Gasteiger partial charge in [-0.3, -0.25) is 14.9 Å². The minimum atomic E-state index is -0.810. The van der Waals surface area contributed by atoms with Crippen LogP contribution in [0.25, 0.3) is 0 Å². The second-order valence-electron chi connectivity index (χ2n) is 5.76. The van der Waals surface area contributed by atoms with Crippen LogP contribution < -0.4 is 14.9 Å². The molecule has 0 unspecified atom stereocenters. The molecule has 25 heavy (non-hydrogen) atoms. The molecule has 0 heterocycles. The van der Waals surface area contributed by atoms with Gasteiger partial charge >= 0.3 is 17.7 Å². The van der Waals surface area contributed by atoms with Gasteiger partial charge in [-0.15, -0.1) is 0 Å². The molecule has 0 aliphatic rings. The molecule has 0 saturated carbocycles. The Morgan fingerprint density at radius 1 is 1.32 bits per heavy atom. The van der Waals surface area contributed by atoms with Crippen molar-refractivity contribution in [1.82, 2.24) is 5.43 Å². The fraction of sp³-hybridized carbons (Fsp3) is 0.400. The van der Waals surface area contributed by atoms with Crippen LogP contribution >= 0.6 is 0 Å². The third-order valence-electron chi connectivity index (χ3n) is 2.53. The Labute approximate surface area is 143 Å². The standard InChI is InChI=1S/C15H19N3O7/c1-9(19)24-11-7-6-10(12(18(21)22)13(11)23-5)8-16-17-14(20)25-15(2,3)4/h6-8H,1-5H3,(H,17,20). The van der Waals surface area contributed by atoms with Gasteiger partial charge < -0.3 is 14.2 Å². The number of nitro groups is 1. The molecule has 0 aliphatic heterocycles. The fourth-order valence-corrected chi connectivity index (χ4v) is 1.75. The van der Waals surface area contributed by atoms with Crippen molar-refractivity contribution in [3.8, 4) is 11.5 Å². The molecule has 0 radical (unpaired) electrons. The minimum absolute atomic E-state index is 0.0359. The predicted molar refractivity (Wildman–Crippen MR) is 87.9 cm³/mol. The summed E-state index contributed by atoms with van der Waals surface area (Å²) in [5, 5.41) is 15.0. The second-order valence-corrected chi connectivity index (χ2v) is 5.76. The van der Waals surface area contributed by atoms with Gasteiger partial charge in [0.05, 0.1) is 23.8 Å². The molecule has 1 aromatic carbocycles. The Hall–Kier alpha value is -3.17. The van der Waals surface area contributed by atoms with Gasteiger partial charge in [0.15, 0.2) is 5.75 Å². The lowest BCUT2D eigenvalue weighted by molar-refractivity contribution is -0.385. The number of nitrogens with one attached hydrogen (secondary N) is 1. The Bertz CT molecular complexity index is 708. The Balaban J connectivity index is 3.11. The number of amides is 1. The van der Waals surface area contributed by atoms with Crippen molar-refractivity contribution in [2.45, 2.75) is 33.3 Å². The van der Waals surface area contributed by atoms with Crippen molar-refractivity contribution >= 4 is 24.0 Å². The smallest absolute Gasteiger partial charge is 0.428 e. The Morgan fingerprint density at radius 2 is 1.96 bits per heavy atom. The molecule has 136 valence electrons. The lowest BCUT2D eigenvalue weighted by Crippen LogP contribution is -2.29. The van der Waals surface area contributed by atoms with Gasteiger partial charge in [-0.1, -0.05) is 0 Å². The number of carbonyl (C=O) groups is 2. The zero-order chi connectivity index (χ0) is 19.2. The number of carbonyl (C=O) groups excluding carboxylic acids is 2. The number of hydrogen-bond donors (Lipinski definition) is 1. The molecule has 0 spiro atoms. The first-order valence-corrected chi connectivity index (χ1v) is 7.11. The van der Waals surface area contributed by atoms with E-state index in [1.807, 2.05) is 0 Å². The molecule has 10 nitrogen and oxygen atoms in total. The number of nitro benzene ring substituents is 1. The van der Waals surface area contributed by atoms with Gasteiger partial charge in [0.1, 0.15) is 5.60 Å². The van der Waals surface area contributed by atoms with Crippen molar-refractivity contribution in [1.29, 1.82) is 0 Å². The van der Waals surface area contributed by atoms with Crippen molar-refractivity contribution in [2.24, 2.45) is 5.10 Å². The lowest BCUT2D eigenvalue weighted by Gasteiger charge is -2.18. The second kappa shape index (κ2) is 8.08. The first-order chi connectivity index (χ1) is 11.5. The number of benzene rings is 1. The number of ether oxygens (including phenoxy) is 3. The van der Waals surface area contributed by atoms with E-state index in [1.54, 1.807) is 20.8 Å². The summed E-state index contributed by atoms with van der Waals surface area (Å²) in [4.78, 5) is 33.2. The number of hydrazone groups is 1. The van der Waals surface area contributed by atoms with Crippen molar-refractivity contribution in [2.75, 3.05) is 7.11 Å². The van der Waals surface area contributed by atoms with Crippen LogP contribution in [-0.4, -0.2) is 35.9 Å². The molecule has 0 aliphatic carbocycles. The highest BCUT2D eigenvalue weighted by Gasteiger charge is 2.25. The highest BCUT2D eigenvalue weighted by atomic mass is 16.6. The van der Waals surface area contributed by atoms with E-state index < -0.39 is 28.3 Å². The average molecular weight is 353 g/mol. The van der Waals surface area contributed by atoms with Gasteiger partial charge in [0.2, 0.25) is 5.75 Å². The van der Waals surface area contributed by atoms with Crippen LogP contribution in [0, 0.1) is 10.1 Å². The van der Waals surface area contributed by atoms with E-state index >= 15 is 0 Å². The van der Waals surface area contributed by atoms with Gasteiger partial charge in [-0.05, 0) is 32.9 Å². The number of rotatable bonds is 5. The first-order valence-electron chi connectivity index (χ1n) is 7.11. The normalized spacial score (nSPS) is 11.1. The Morgan fingerprint density at radius 3 is 2.44 bits per heavy atom. The average Bonchev–Trinajstić information content (AvgIpc) is 2.45. The number of hydrogen-bond acceptors (Lipinski definition) is 8. The zero-order valence-electron chi connectivity index (χ0n) is 14.5. The third-order valence-corrected chi connectivity index (χ3v) is 2.53. The van der Waals surface area contributed by atoms with Crippen LogP contribution in [0.1, 0.15) is 33.3 Å². The quantitative estimate of drug-likeness (QED) is 0.283. The van der Waals surface area contributed by atoms with Crippen molar-refractivity contribution in [3.05, 3.63) is 27.8 Å². The lowest BCUT2D eigenvalue weighted by atomic mass is 10.1. The van der Waals surface area contributed by atoms with Crippen LogP contribution in [0.5, 0.6) is 11.5 Å². The summed E-state index contributed by atoms with van der Waals surface area (Å²) in [7, 11) is 1.20. The predicted octanol–water partition coefficient (Wildman–Crippen LogP) is 2.39. The minimum Gasteiger partial charge on any atom is -0.488 e. The summed E-state index contributed by atoms with van der Waals surface area (Å²) in [6, 6.07) is 2.63. The van der Waals surface area contributed by atoms with Crippen LogP contribution in [0.2, 0.25) is 0 Å². The van der Waals surface area contributed by atoms with Crippen molar-refractivity contribution in [3.63, 3.8) is 0 Å². The van der Waals surface area contributed by atoms with Gasteiger partial charge in [-0.2, -0.15) is 5.10 Å². The zero-order valence-corrected chi connectivity index (χ0v) is 14.5. The van der Waals surface area contributed by atoms with Crippen LogP contribution in [0.15, 0.2) is 17.2 Å². The van der Waals surface area contributed by atoms with Gasteiger partial charge in [0, 0.05) is 6.92 Å². The molecule has 1 rings (SSSR count). The molecule has 10 heteroatoms. The summed E-state index contributed by atoms with van der Waals surface area (Å²) in [5.74, 6) is -0.985. The molecule has 0 bridgehead atoms. The maximum absolute atomic E-state index is 11.5. The molecule has 0 saturated heterocycles. The molecule has 0 aromatic heterocycles. The topological polar surface area (TPSA) is 129 Å². The largest absolute Gasteiger partial charge is 0.488 e. The van der Waals surface area contributed by atoms with E-state index in [0.29, 0.717) is 0 Å². The maximum Gasteiger partial charge on any atom is 0.428 e. The number of esters is 1. The van der Waals surface area contributed by atoms with E-state index in [9.17, 15) is 19.7 Å². The molecule has 1 aromatic rings. The van der Waals surface area contributed by atoms with E-state index in [-0.39, 0.29) is 17.1 Å². The van der Waals surface area contributed by atoms with E-state index in [1.165, 1.54) is 19.2 Å². The third kappa shape index (κ3) is 6.09. The summed E-state index contributed by atoms with van der Waals surface area (Å²) in [6.07, 6.45) is 0.247. The highest BCUT2D eigenvalue weighted by molar-refractivity contribution is 5.89. The van der Waals surface area contributed by atoms with Crippen molar-refractivity contribution < 1.29 is 28.7 Å². The summed E-state index contributed by atoms with van der Waals surface area (Å²) < 4.78 is 14.8. The number of nitrogens with zero attached hydrogens (tertiary/aromatic N) is 2. The molecular weight excluding hydrogens is 334 g/mol. The number of methoxy groups -OCH3 is 1. The maximum atomic E-state index is 11.5.